The fraction of sp³-hybridized carbons (Fsp3) is 0.667. The van der Waals surface area contributed by atoms with Crippen LogP contribution in [-0.2, 0) is 0 Å². The van der Waals surface area contributed by atoms with Gasteiger partial charge in [0.25, 0.3) is 0 Å². The third-order valence-corrected chi connectivity index (χ3v) is 4.48. The van der Waals surface area contributed by atoms with Gasteiger partial charge in [0.1, 0.15) is 0 Å². The van der Waals surface area contributed by atoms with Gasteiger partial charge in [-0.2, -0.15) is 0 Å². The summed E-state index contributed by atoms with van der Waals surface area (Å²) in [6.07, 6.45) is 3.74. The molecule has 0 saturated heterocycles. The van der Waals surface area contributed by atoms with Crippen molar-refractivity contribution in [2.75, 3.05) is 0 Å². The Morgan fingerprint density at radius 3 is 2.17 bits per heavy atom. The minimum Gasteiger partial charge on any atom is -0.0755 e. The van der Waals surface area contributed by atoms with E-state index < -0.39 is 0 Å². The van der Waals surface area contributed by atoms with Crippen LogP contribution >= 0.6 is 0 Å². The van der Waals surface area contributed by atoms with Crippen LogP contribution < -0.4 is 0 Å². The van der Waals surface area contributed by atoms with E-state index in [1.807, 2.05) is 0 Å². The van der Waals surface area contributed by atoms with E-state index in [0.717, 1.165) is 0 Å². The highest BCUT2D eigenvalue weighted by atomic mass is 14.6. The van der Waals surface area contributed by atoms with Crippen LogP contribution in [0.4, 0.5) is 0 Å². The molecule has 2 aliphatic rings. The average molecular weight is 162 g/mol. The molecule has 0 aliphatic heterocycles. The summed E-state index contributed by atoms with van der Waals surface area (Å²) in [5, 5.41) is 0. The molecular weight excluding hydrogens is 144 g/mol. The summed E-state index contributed by atoms with van der Waals surface area (Å²) < 4.78 is 0. The highest BCUT2D eigenvalue weighted by molar-refractivity contribution is 5.50. The van der Waals surface area contributed by atoms with Crippen LogP contribution in [0, 0.1) is 10.8 Å². The molecule has 2 unspecified atom stereocenters. The normalized spacial score (nSPS) is 45.6. The summed E-state index contributed by atoms with van der Waals surface area (Å²) in [5.74, 6) is 0. The van der Waals surface area contributed by atoms with Gasteiger partial charge in [-0.15, -0.1) is 0 Å². The van der Waals surface area contributed by atoms with Gasteiger partial charge in [0.05, 0.1) is 0 Å². The van der Waals surface area contributed by atoms with Crippen LogP contribution in [0.15, 0.2) is 22.8 Å². The zero-order chi connectivity index (χ0) is 9.15. The maximum absolute atomic E-state index is 2.47. The van der Waals surface area contributed by atoms with E-state index in [1.165, 1.54) is 6.42 Å². The Bertz CT molecular complexity index is 306. The first-order chi connectivity index (χ1) is 5.42. The van der Waals surface area contributed by atoms with Crippen molar-refractivity contribution in [3.8, 4) is 0 Å². The maximum Gasteiger partial charge on any atom is 0.0159 e. The molecule has 0 heteroatoms. The van der Waals surface area contributed by atoms with E-state index in [0.29, 0.717) is 10.8 Å². The first kappa shape index (κ1) is 8.10. The van der Waals surface area contributed by atoms with Gasteiger partial charge in [0.2, 0.25) is 0 Å². The molecule has 0 saturated carbocycles. The molecule has 0 heterocycles. The minimum absolute atomic E-state index is 0.390. The Morgan fingerprint density at radius 1 is 1.08 bits per heavy atom. The first-order valence-electron chi connectivity index (χ1n) is 4.78. The molecule has 0 nitrogen and oxygen atoms in total. The summed E-state index contributed by atoms with van der Waals surface area (Å²) in [4.78, 5) is 0. The second-order valence-electron chi connectivity index (χ2n) is 4.95. The fourth-order valence-electron chi connectivity index (χ4n) is 3.23. The SMILES string of the molecule is CC1=CC2(C)C(C)=C(C)C2(C)C1. The third kappa shape index (κ3) is 0.573. The summed E-state index contributed by atoms with van der Waals surface area (Å²) in [5.41, 5.74) is 5.64. The lowest BCUT2D eigenvalue weighted by atomic mass is 9.50. The van der Waals surface area contributed by atoms with Crippen molar-refractivity contribution >= 4 is 0 Å². The Morgan fingerprint density at radius 2 is 1.67 bits per heavy atom. The molecule has 0 spiro atoms. The van der Waals surface area contributed by atoms with Crippen molar-refractivity contribution in [3.63, 3.8) is 0 Å². The summed E-state index contributed by atoms with van der Waals surface area (Å²) in [6, 6.07) is 0. The number of rotatable bonds is 0. The van der Waals surface area contributed by atoms with Crippen molar-refractivity contribution in [1.29, 1.82) is 0 Å². The third-order valence-electron chi connectivity index (χ3n) is 4.48. The zero-order valence-corrected chi connectivity index (χ0v) is 8.78. The molecular formula is C12H18. The number of hydrogen-bond donors (Lipinski definition) is 0. The van der Waals surface area contributed by atoms with Crippen molar-refractivity contribution in [2.45, 2.75) is 41.0 Å². The summed E-state index contributed by atoms with van der Waals surface area (Å²) >= 11 is 0. The molecule has 0 aromatic heterocycles. The topological polar surface area (TPSA) is 0 Å². The van der Waals surface area contributed by atoms with E-state index in [4.69, 9.17) is 0 Å². The number of allylic oxidation sites excluding steroid dienone is 4. The van der Waals surface area contributed by atoms with Gasteiger partial charge in [0.15, 0.2) is 0 Å². The zero-order valence-electron chi connectivity index (χ0n) is 8.78. The summed E-state index contributed by atoms with van der Waals surface area (Å²) in [7, 11) is 0. The second kappa shape index (κ2) is 1.86. The molecule has 2 aliphatic carbocycles. The van der Waals surface area contributed by atoms with Gasteiger partial charge < -0.3 is 0 Å². The van der Waals surface area contributed by atoms with Crippen molar-refractivity contribution in [3.05, 3.63) is 22.8 Å². The molecule has 0 bridgehead atoms. The van der Waals surface area contributed by atoms with Crippen molar-refractivity contribution < 1.29 is 0 Å². The molecule has 12 heavy (non-hydrogen) atoms. The van der Waals surface area contributed by atoms with E-state index >= 15 is 0 Å². The molecule has 0 aromatic carbocycles. The first-order valence-corrected chi connectivity index (χ1v) is 4.78. The van der Waals surface area contributed by atoms with Crippen LogP contribution in [0.1, 0.15) is 41.0 Å². The molecule has 2 atom stereocenters. The van der Waals surface area contributed by atoms with Gasteiger partial charge in [-0.1, -0.05) is 36.6 Å². The highest BCUT2D eigenvalue weighted by Gasteiger charge is 2.56. The standard InChI is InChI=1S/C12H18/c1-8-6-11(4)9(2)10(3)12(11,5)7-8/h6H,7H2,1-5H3. The Hall–Kier alpha value is -0.520. The van der Waals surface area contributed by atoms with Gasteiger partial charge in [-0.3, -0.25) is 0 Å². The Balaban J connectivity index is 2.53. The quantitative estimate of drug-likeness (QED) is 0.476. The van der Waals surface area contributed by atoms with Crippen molar-refractivity contribution in [2.24, 2.45) is 10.8 Å². The predicted molar refractivity (Wildman–Crippen MR) is 53.0 cm³/mol. The Kier molecular flexibility index (Phi) is 1.26. The molecule has 66 valence electrons. The lowest BCUT2D eigenvalue weighted by molar-refractivity contribution is 0.173. The lowest BCUT2D eigenvalue weighted by Crippen LogP contribution is -2.44. The molecule has 0 radical (unpaired) electrons. The van der Waals surface area contributed by atoms with Gasteiger partial charge >= 0.3 is 0 Å². The van der Waals surface area contributed by atoms with Gasteiger partial charge in [-0.25, -0.2) is 0 Å². The average Bonchev–Trinajstić information content (AvgIpc) is 2.20. The predicted octanol–water partition coefficient (Wildman–Crippen LogP) is 3.70. The van der Waals surface area contributed by atoms with Gasteiger partial charge in [0, 0.05) is 10.8 Å². The van der Waals surface area contributed by atoms with Crippen LogP contribution in [0.3, 0.4) is 0 Å². The van der Waals surface area contributed by atoms with E-state index in [9.17, 15) is 0 Å². The molecule has 0 N–H and O–H groups in total. The van der Waals surface area contributed by atoms with Crippen LogP contribution in [0.2, 0.25) is 0 Å². The monoisotopic (exact) mass is 162 g/mol. The molecule has 2 rings (SSSR count). The van der Waals surface area contributed by atoms with Crippen LogP contribution in [0.25, 0.3) is 0 Å². The van der Waals surface area contributed by atoms with Crippen molar-refractivity contribution in [1.82, 2.24) is 0 Å². The minimum atomic E-state index is 0.390. The van der Waals surface area contributed by atoms with Gasteiger partial charge in [-0.05, 0) is 27.2 Å². The molecule has 0 amide bonds. The molecule has 0 fully saturated rings. The maximum atomic E-state index is 2.47. The largest absolute Gasteiger partial charge is 0.0755 e. The smallest absolute Gasteiger partial charge is 0.0159 e. The van der Waals surface area contributed by atoms with E-state index in [1.54, 1.807) is 16.7 Å². The number of hydrogen-bond acceptors (Lipinski definition) is 0. The second-order valence-corrected chi connectivity index (χ2v) is 4.95. The summed E-state index contributed by atoms with van der Waals surface area (Å²) in [6.45, 7) is 11.6. The number of fused-ring (bicyclic) bond motifs is 1. The van der Waals surface area contributed by atoms with Crippen LogP contribution in [0.5, 0.6) is 0 Å². The fourth-order valence-corrected chi connectivity index (χ4v) is 3.23. The van der Waals surface area contributed by atoms with Crippen LogP contribution in [-0.4, -0.2) is 0 Å². The van der Waals surface area contributed by atoms with E-state index in [2.05, 4.69) is 40.7 Å². The highest BCUT2D eigenvalue weighted by Crippen LogP contribution is 2.67. The lowest BCUT2D eigenvalue weighted by Gasteiger charge is -2.53. The van der Waals surface area contributed by atoms with E-state index in [-0.39, 0.29) is 0 Å². The molecule has 0 aromatic rings. The Labute approximate surface area is 75.4 Å².